The maximum atomic E-state index is 10.9. The first-order valence-electron chi connectivity index (χ1n) is 5.67. The Morgan fingerprint density at radius 2 is 2.28 bits per heavy atom. The molecule has 0 radical (unpaired) electrons. The van der Waals surface area contributed by atoms with Crippen LogP contribution in [0.15, 0.2) is 6.20 Å². The van der Waals surface area contributed by atoms with Crippen LogP contribution in [-0.4, -0.2) is 37.3 Å². The molecule has 3 unspecified atom stereocenters. The normalized spacial score (nSPS) is 28.9. The molecule has 0 aliphatic carbocycles. The van der Waals surface area contributed by atoms with Crippen molar-refractivity contribution in [2.75, 3.05) is 0 Å². The van der Waals surface area contributed by atoms with E-state index in [2.05, 4.69) is 5.10 Å². The van der Waals surface area contributed by atoms with Gasteiger partial charge >= 0.3 is 5.69 Å². The Labute approximate surface area is 103 Å². The highest BCUT2D eigenvalue weighted by Crippen LogP contribution is 2.34. The fourth-order valence-electron chi connectivity index (χ4n) is 2.16. The molecule has 8 nitrogen and oxygen atoms in total. The molecule has 18 heavy (non-hydrogen) atoms. The van der Waals surface area contributed by atoms with E-state index in [1.807, 2.05) is 0 Å². The topological polar surface area (TPSA) is 111 Å². The van der Waals surface area contributed by atoms with Gasteiger partial charge in [-0.1, -0.05) is 0 Å². The van der Waals surface area contributed by atoms with Crippen molar-refractivity contribution in [2.45, 2.75) is 37.8 Å². The first kappa shape index (κ1) is 12.9. The van der Waals surface area contributed by atoms with Crippen molar-refractivity contribution in [3.8, 4) is 0 Å². The van der Waals surface area contributed by atoms with Gasteiger partial charge in [0.05, 0.1) is 11.0 Å². The Morgan fingerprint density at radius 1 is 1.56 bits per heavy atom. The highest BCUT2D eigenvalue weighted by atomic mass is 16.6. The summed E-state index contributed by atoms with van der Waals surface area (Å²) in [6.45, 7) is 0. The number of rotatable bonds is 2. The first-order chi connectivity index (χ1) is 8.49. The molecule has 0 bridgehead atoms. The molecule has 1 aliphatic heterocycles. The number of aromatic nitrogens is 2. The Hall–Kier alpha value is -1.51. The minimum atomic E-state index is -1.12. The van der Waals surface area contributed by atoms with Gasteiger partial charge in [-0.15, -0.1) is 0 Å². The summed E-state index contributed by atoms with van der Waals surface area (Å²) in [4.78, 5) is 10.4. The fraction of sp³-hybridized carbons (Fsp3) is 0.700. The summed E-state index contributed by atoms with van der Waals surface area (Å²) in [5.41, 5.74) is 0.180. The van der Waals surface area contributed by atoms with Gasteiger partial charge in [0.15, 0.2) is 6.29 Å². The second-order valence-electron chi connectivity index (χ2n) is 4.34. The second-order valence-corrected chi connectivity index (χ2v) is 4.34. The average Bonchev–Trinajstić information content (AvgIpc) is 2.58. The molecule has 0 aromatic carbocycles. The third kappa shape index (κ3) is 2.50. The zero-order chi connectivity index (χ0) is 13.3. The molecule has 2 rings (SSSR count). The molecule has 2 heterocycles. The molecule has 0 spiro atoms. The number of aliphatic hydroxyl groups excluding tert-OH is 2. The second kappa shape index (κ2) is 5.01. The molecule has 1 aliphatic rings. The first-order valence-corrected chi connectivity index (χ1v) is 5.67. The van der Waals surface area contributed by atoms with E-state index in [4.69, 9.17) is 4.74 Å². The SMILES string of the molecule is Cn1ncc([N+](=O)[O-])c1C1CCC(O)CC(O)O1. The van der Waals surface area contributed by atoms with Crippen molar-refractivity contribution in [3.05, 3.63) is 22.0 Å². The maximum Gasteiger partial charge on any atom is 0.312 e. The van der Waals surface area contributed by atoms with Gasteiger partial charge in [0.25, 0.3) is 0 Å². The number of nitro groups is 1. The van der Waals surface area contributed by atoms with E-state index < -0.39 is 23.4 Å². The summed E-state index contributed by atoms with van der Waals surface area (Å²) >= 11 is 0. The van der Waals surface area contributed by atoms with Crippen LogP contribution in [0.25, 0.3) is 0 Å². The number of nitrogens with zero attached hydrogens (tertiary/aromatic N) is 3. The third-order valence-electron chi connectivity index (χ3n) is 3.02. The Balaban J connectivity index is 2.30. The van der Waals surface area contributed by atoms with Crippen LogP contribution in [0.3, 0.4) is 0 Å². The fourth-order valence-corrected chi connectivity index (χ4v) is 2.16. The lowest BCUT2D eigenvalue weighted by Gasteiger charge is -2.17. The summed E-state index contributed by atoms with van der Waals surface area (Å²) in [7, 11) is 1.58. The summed E-state index contributed by atoms with van der Waals surface area (Å²) < 4.78 is 6.70. The van der Waals surface area contributed by atoms with E-state index in [0.717, 1.165) is 6.20 Å². The van der Waals surface area contributed by atoms with Crippen LogP contribution in [0, 0.1) is 10.1 Å². The predicted octanol–water partition coefficient (Wildman–Crippen LogP) is 0.249. The van der Waals surface area contributed by atoms with E-state index >= 15 is 0 Å². The highest BCUT2D eigenvalue weighted by molar-refractivity contribution is 5.34. The van der Waals surface area contributed by atoms with Crippen LogP contribution in [-0.2, 0) is 11.8 Å². The minimum absolute atomic E-state index is 0.113. The molecular weight excluding hydrogens is 242 g/mol. The van der Waals surface area contributed by atoms with Crippen LogP contribution >= 0.6 is 0 Å². The van der Waals surface area contributed by atoms with Gasteiger partial charge < -0.3 is 14.9 Å². The van der Waals surface area contributed by atoms with Crippen LogP contribution in [0.2, 0.25) is 0 Å². The van der Waals surface area contributed by atoms with Gasteiger partial charge in [-0.2, -0.15) is 5.10 Å². The van der Waals surface area contributed by atoms with Gasteiger partial charge in [-0.25, -0.2) is 0 Å². The van der Waals surface area contributed by atoms with Crippen LogP contribution in [0.5, 0.6) is 0 Å². The monoisotopic (exact) mass is 257 g/mol. The summed E-state index contributed by atoms with van der Waals surface area (Å²) in [6.07, 6.45) is -0.318. The van der Waals surface area contributed by atoms with Gasteiger partial charge in [0.1, 0.15) is 18.0 Å². The number of hydrogen-bond acceptors (Lipinski definition) is 6. The summed E-state index contributed by atoms with van der Waals surface area (Å²) in [6, 6.07) is 0. The van der Waals surface area contributed by atoms with Crippen LogP contribution in [0.4, 0.5) is 5.69 Å². The van der Waals surface area contributed by atoms with Crippen LogP contribution in [0.1, 0.15) is 31.1 Å². The van der Waals surface area contributed by atoms with E-state index in [0.29, 0.717) is 18.5 Å². The van der Waals surface area contributed by atoms with Crippen molar-refractivity contribution in [1.82, 2.24) is 9.78 Å². The Morgan fingerprint density at radius 3 is 2.94 bits per heavy atom. The Kier molecular flexibility index (Phi) is 3.60. The third-order valence-corrected chi connectivity index (χ3v) is 3.02. The lowest BCUT2D eigenvalue weighted by molar-refractivity contribution is -0.386. The molecule has 0 amide bonds. The van der Waals surface area contributed by atoms with Crippen molar-refractivity contribution in [2.24, 2.45) is 7.05 Å². The molecule has 0 saturated carbocycles. The molecule has 1 fully saturated rings. The molecule has 2 N–H and O–H groups in total. The smallest absolute Gasteiger partial charge is 0.312 e. The van der Waals surface area contributed by atoms with E-state index in [1.165, 1.54) is 4.68 Å². The van der Waals surface area contributed by atoms with E-state index in [9.17, 15) is 20.3 Å². The number of hydrogen-bond donors (Lipinski definition) is 2. The van der Waals surface area contributed by atoms with E-state index in [1.54, 1.807) is 7.05 Å². The van der Waals surface area contributed by atoms with Gasteiger partial charge in [-0.3, -0.25) is 14.8 Å². The zero-order valence-corrected chi connectivity index (χ0v) is 9.89. The zero-order valence-electron chi connectivity index (χ0n) is 9.89. The van der Waals surface area contributed by atoms with Gasteiger partial charge in [0.2, 0.25) is 0 Å². The average molecular weight is 257 g/mol. The molecule has 1 saturated heterocycles. The van der Waals surface area contributed by atoms with Crippen molar-refractivity contribution in [3.63, 3.8) is 0 Å². The van der Waals surface area contributed by atoms with Gasteiger partial charge in [0, 0.05) is 13.5 Å². The van der Waals surface area contributed by atoms with E-state index in [-0.39, 0.29) is 12.1 Å². The van der Waals surface area contributed by atoms with Gasteiger partial charge in [-0.05, 0) is 12.8 Å². The number of ether oxygens (including phenoxy) is 1. The maximum absolute atomic E-state index is 10.9. The van der Waals surface area contributed by atoms with Crippen LogP contribution < -0.4 is 0 Å². The molecule has 1 aromatic heterocycles. The van der Waals surface area contributed by atoms with Crippen molar-refractivity contribution in [1.29, 1.82) is 0 Å². The lowest BCUT2D eigenvalue weighted by atomic mass is 10.1. The van der Waals surface area contributed by atoms with Crippen molar-refractivity contribution < 1.29 is 19.9 Å². The quantitative estimate of drug-likeness (QED) is 0.580. The standard InChI is InChI=1S/C10H15N3O5/c1-12-10(7(5-11-12)13(16)17)8-3-2-6(14)4-9(15)18-8/h5-6,8-9,14-15H,2-4H2,1H3. The number of aryl methyl sites for hydroxylation is 1. The Bertz CT molecular complexity index is 447. The molecule has 8 heteroatoms. The molecule has 3 atom stereocenters. The molecule has 1 aromatic rings. The summed E-state index contributed by atoms with van der Waals surface area (Å²) in [5.74, 6) is 0. The lowest BCUT2D eigenvalue weighted by Crippen LogP contribution is -2.18. The minimum Gasteiger partial charge on any atom is -0.393 e. The van der Waals surface area contributed by atoms with Crippen molar-refractivity contribution >= 4 is 5.69 Å². The summed E-state index contributed by atoms with van der Waals surface area (Å²) in [5, 5.41) is 33.8. The largest absolute Gasteiger partial charge is 0.393 e. The number of aliphatic hydroxyl groups is 2. The molecule has 100 valence electrons. The highest BCUT2D eigenvalue weighted by Gasteiger charge is 2.32. The molecular formula is C10H15N3O5. The predicted molar refractivity (Wildman–Crippen MR) is 59.6 cm³/mol.